The van der Waals surface area contributed by atoms with Crippen molar-refractivity contribution in [1.29, 1.82) is 0 Å². The zero-order chi connectivity index (χ0) is 15.4. The van der Waals surface area contributed by atoms with Gasteiger partial charge in [-0.15, -0.1) is 0 Å². The lowest BCUT2D eigenvalue weighted by molar-refractivity contribution is -0.143. The van der Waals surface area contributed by atoms with Crippen molar-refractivity contribution in [1.82, 2.24) is 4.90 Å². The van der Waals surface area contributed by atoms with Gasteiger partial charge < -0.3 is 20.1 Å². The number of anilines is 1. The predicted octanol–water partition coefficient (Wildman–Crippen LogP) is 2.79. The molecule has 1 saturated heterocycles. The third-order valence-corrected chi connectivity index (χ3v) is 4.13. The van der Waals surface area contributed by atoms with Gasteiger partial charge in [-0.2, -0.15) is 0 Å². The van der Waals surface area contributed by atoms with Gasteiger partial charge in [0.15, 0.2) is 0 Å². The maximum atomic E-state index is 12.2. The van der Waals surface area contributed by atoms with E-state index in [-0.39, 0.29) is 12.6 Å². The molecular weight excluding hydrogens is 340 g/mol. The number of hydrogen-bond donors (Lipinski definition) is 2. The summed E-state index contributed by atoms with van der Waals surface area (Å²) in [4.78, 5) is 24.8. The Hall–Kier alpha value is -1.76. The number of benzene rings is 1. The van der Waals surface area contributed by atoms with Crippen molar-refractivity contribution < 1.29 is 19.4 Å². The number of ether oxygens (including phenoxy) is 1. The average Bonchev–Trinajstić information content (AvgIpc) is 2.49. The third kappa shape index (κ3) is 3.87. The Kier molecular flexibility index (Phi) is 5.06. The van der Waals surface area contributed by atoms with Gasteiger partial charge in [-0.1, -0.05) is 0 Å². The van der Waals surface area contributed by atoms with Crippen LogP contribution in [0.15, 0.2) is 22.7 Å². The fraction of sp³-hybridized carbons (Fsp3) is 0.429. The molecule has 2 rings (SSSR count). The molecule has 0 aliphatic carbocycles. The number of carbonyl (C=O) groups excluding carboxylic acids is 1. The summed E-state index contributed by atoms with van der Waals surface area (Å²) in [5.74, 6) is -0.647. The van der Waals surface area contributed by atoms with Gasteiger partial charge in [0.2, 0.25) is 0 Å². The molecule has 0 bridgehead atoms. The SMILES string of the molecule is COc1ccc(NC(=O)N2CCCC(C(=O)O)C2)c(Br)c1. The zero-order valence-electron chi connectivity index (χ0n) is 11.6. The van der Waals surface area contributed by atoms with E-state index in [9.17, 15) is 9.59 Å². The number of nitrogens with zero attached hydrogens (tertiary/aromatic N) is 1. The van der Waals surface area contributed by atoms with E-state index in [2.05, 4.69) is 21.2 Å². The molecular formula is C14H17BrN2O4. The van der Waals surface area contributed by atoms with E-state index in [4.69, 9.17) is 9.84 Å². The molecule has 0 radical (unpaired) electrons. The molecule has 2 N–H and O–H groups in total. The van der Waals surface area contributed by atoms with Crippen LogP contribution in [0.3, 0.4) is 0 Å². The highest BCUT2D eigenvalue weighted by molar-refractivity contribution is 9.10. The first-order chi connectivity index (χ1) is 10.0. The van der Waals surface area contributed by atoms with Crippen LogP contribution < -0.4 is 10.1 Å². The number of halogens is 1. The molecule has 7 heteroatoms. The van der Waals surface area contributed by atoms with E-state index in [1.54, 1.807) is 30.2 Å². The number of methoxy groups -OCH3 is 1. The van der Waals surface area contributed by atoms with Gasteiger partial charge in [0, 0.05) is 17.6 Å². The van der Waals surface area contributed by atoms with Crippen LogP contribution in [0, 0.1) is 5.92 Å². The first kappa shape index (κ1) is 15.6. The largest absolute Gasteiger partial charge is 0.497 e. The van der Waals surface area contributed by atoms with Crippen LogP contribution in [0.25, 0.3) is 0 Å². The molecule has 1 aliphatic rings. The fourth-order valence-electron chi connectivity index (χ4n) is 2.28. The average molecular weight is 357 g/mol. The van der Waals surface area contributed by atoms with E-state index >= 15 is 0 Å². The number of urea groups is 1. The summed E-state index contributed by atoms with van der Waals surface area (Å²) >= 11 is 3.37. The van der Waals surface area contributed by atoms with Gasteiger partial charge in [-0.05, 0) is 47.0 Å². The van der Waals surface area contributed by atoms with E-state index in [0.717, 1.165) is 0 Å². The number of nitrogens with one attached hydrogen (secondary N) is 1. The van der Waals surface area contributed by atoms with Crippen LogP contribution in [0.1, 0.15) is 12.8 Å². The number of carboxylic acids is 1. The third-order valence-electron chi connectivity index (χ3n) is 3.48. The number of amides is 2. The topological polar surface area (TPSA) is 78.9 Å². The molecule has 1 aromatic carbocycles. The standard InChI is InChI=1S/C14H17BrN2O4/c1-21-10-4-5-12(11(15)7-10)16-14(20)17-6-2-3-9(8-17)13(18)19/h4-5,7,9H,2-3,6,8H2,1H3,(H,16,20)(H,18,19). The van der Waals surface area contributed by atoms with E-state index in [1.165, 1.54) is 0 Å². The smallest absolute Gasteiger partial charge is 0.321 e. The second-order valence-electron chi connectivity index (χ2n) is 4.90. The van der Waals surface area contributed by atoms with Crippen LogP contribution in [0.5, 0.6) is 5.75 Å². The van der Waals surface area contributed by atoms with Gasteiger partial charge in [-0.3, -0.25) is 4.79 Å². The van der Waals surface area contributed by atoms with Crippen LogP contribution in [-0.2, 0) is 4.79 Å². The van der Waals surface area contributed by atoms with Crippen molar-refractivity contribution in [2.45, 2.75) is 12.8 Å². The maximum Gasteiger partial charge on any atom is 0.321 e. The van der Waals surface area contributed by atoms with Crippen molar-refractivity contribution in [3.05, 3.63) is 22.7 Å². The Labute approximate surface area is 131 Å². The van der Waals surface area contributed by atoms with E-state index < -0.39 is 11.9 Å². The Morgan fingerprint density at radius 3 is 2.86 bits per heavy atom. The first-order valence-corrected chi connectivity index (χ1v) is 7.43. The minimum atomic E-state index is -0.849. The molecule has 1 aromatic rings. The van der Waals surface area contributed by atoms with Crippen molar-refractivity contribution in [2.24, 2.45) is 5.92 Å². The van der Waals surface area contributed by atoms with Gasteiger partial charge in [-0.25, -0.2) is 4.79 Å². The molecule has 114 valence electrons. The number of rotatable bonds is 3. The highest BCUT2D eigenvalue weighted by atomic mass is 79.9. The summed E-state index contributed by atoms with van der Waals surface area (Å²) in [6.07, 6.45) is 1.32. The van der Waals surface area contributed by atoms with Crippen molar-refractivity contribution in [3.63, 3.8) is 0 Å². The molecule has 1 atom stereocenters. The summed E-state index contributed by atoms with van der Waals surface area (Å²) in [6, 6.07) is 4.95. The molecule has 1 aliphatic heterocycles. The van der Waals surface area contributed by atoms with E-state index in [1.807, 2.05) is 0 Å². The summed E-state index contributed by atoms with van der Waals surface area (Å²) in [7, 11) is 1.57. The van der Waals surface area contributed by atoms with Crippen LogP contribution in [0.2, 0.25) is 0 Å². The second kappa shape index (κ2) is 6.80. The van der Waals surface area contributed by atoms with Gasteiger partial charge in [0.05, 0.1) is 18.7 Å². The number of carbonyl (C=O) groups is 2. The van der Waals surface area contributed by atoms with Crippen molar-refractivity contribution in [3.8, 4) is 5.75 Å². The van der Waals surface area contributed by atoms with Crippen LogP contribution in [-0.4, -0.2) is 42.2 Å². The molecule has 6 nitrogen and oxygen atoms in total. The van der Waals surface area contributed by atoms with Gasteiger partial charge >= 0.3 is 12.0 Å². The molecule has 0 spiro atoms. The Bertz CT molecular complexity index is 550. The molecule has 0 saturated carbocycles. The fourth-order valence-corrected chi connectivity index (χ4v) is 2.74. The molecule has 1 fully saturated rings. The number of piperidine rings is 1. The maximum absolute atomic E-state index is 12.2. The lowest BCUT2D eigenvalue weighted by Crippen LogP contribution is -2.44. The first-order valence-electron chi connectivity index (χ1n) is 6.63. The minimum Gasteiger partial charge on any atom is -0.497 e. The van der Waals surface area contributed by atoms with Crippen LogP contribution in [0.4, 0.5) is 10.5 Å². The monoisotopic (exact) mass is 356 g/mol. The van der Waals surface area contributed by atoms with E-state index in [0.29, 0.717) is 35.3 Å². The van der Waals surface area contributed by atoms with Crippen molar-refractivity contribution >= 4 is 33.6 Å². The second-order valence-corrected chi connectivity index (χ2v) is 5.75. The summed E-state index contributed by atoms with van der Waals surface area (Å²) < 4.78 is 5.80. The predicted molar refractivity (Wildman–Crippen MR) is 81.6 cm³/mol. The lowest BCUT2D eigenvalue weighted by atomic mass is 9.99. The van der Waals surface area contributed by atoms with Gasteiger partial charge in [0.1, 0.15) is 5.75 Å². The number of hydrogen-bond acceptors (Lipinski definition) is 3. The molecule has 21 heavy (non-hydrogen) atoms. The quantitative estimate of drug-likeness (QED) is 0.872. The molecule has 0 aromatic heterocycles. The minimum absolute atomic E-state index is 0.245. The normalized spacial score (nSPS) is 18.2. The van der Waals surface area contributed by atoms with Gasteiger partial charge in [0.25, 0.3) is 0 Å². The van der Waals surface area contributed by atoms with Crippen LogP contribution >= 0.6 is 15.9 Å². The number of likely N-dealkylation sites (tertiary alicyclic amines) is 1. The molecule has 1 unspecified atom stereocenters. The highest BCUT2D eigenvalue weighted by Gasteiger charge is 2.28. The Morgan fingerprint density at radius 1 is 1.48 bits per heavy atom. The zero-order valence-corrected chi connectivity index (χ0v) is 13.2. The Balaban J connectivity index is 2.02. The Morgan fingerprint density at radius 2 is 2.24 bits per heavy atom. The number of carboxylic acid groups (broad SMARTS) is 1. The highest BCUT2D eigenvalue weighted by Crippen LogP contribution is 2.27. The lowest BCUT2D eigenvalue weighted by Gasteiger charge is -2.30. The summed E-state index contributed by atoms with van der Waals surface area (Å²) in [5, 5.41) is 11.8. The van der Waals surface area contributed by atoms with Crippen molar-refractivity contribution in [2.75, 3.05) is 25.5 Å². The summed E-state index contributed by atoms with van der Waals surface area (Å²) in [5.41, 5.74) is 0.623. The molecule has 2 amide bonds. The molecule has 1 heterocycles. The summed E-state index contributed by atoms with van der Waals surface area (Å²) in [6.45, 7) is 0.818. The number of aliphatic carboxylic acids is 1.